The first-order valence-corrected chi connectivity index (χ1v) is 25.5. The monoisotopic (exact) mass is 952 g/mol. The van der Waals surface area contributed by atoms with Crippen molar-refractivity contribution in [1.82, 2.24) is 0 Å². The standard InChI is InChI=1S/C68H53BN4O/c1-68(2,3)49-36-38-55(39-37-49)73-63-44-56(70(50-24-9-4-10-25-50)51-26-11-5-12-27-51)40-42-60(63)69-61-43-41-57(71(52-28-13-6-14-29-52)53-30-15-7-16-31-53)46-65(61)74-66-47-58(45-64(73)67(66)69)72(54-32-17-8-18-33-54)62-35-21-23-48-22-19-20-34-59(48)62/h4-47H,1-3H3. The summed E-state index contributed by atoms with van der Waals surface area (Å²) in [7, 11) is 0. The lowest BCUT2D eigenvalue weighted by Gasteiger charge is -2.42. The molecule has 2 heterocycles. The summed E-state index contributed by atoms with van der Waals surface area (Å²) < 4.78 is 7.49. The highest BCUT2D eigenvalue weighted by Gasteiger charge is 2.43. The van der Waals surface area contributed by atoms with Gasteiger partial charge in [0.1, 0.15) is 11.5 Å². The summed E-state index contributed by atoms with van der Waals surface area (Å²) in [6, 6.07) is 96.3. The molecule has 354 valence electrons. The van der Waals surface area contributed by atoms with E-state index in [1.54, 1.807) is 0 Å². The smallest absolute Gasteiger partial charge is 0.256 e. The van der Waals surface area contributed by atoms with Crippen molar-refractivity contribution >= 4 is 102 Å². The molecule has 2 aliphatic heterocycles. The van der Waals surface area contributed by atoms with Crippen molar-refractivity contribution < 1.29 is 4.74 Å². The molecule has 0 N–H and O–H groups in total. The SMILES string of the molecule is CC(C)(C)c1ccc(N2c3cc(N(c4ccccc4)c4ccccc4)ccc3B3c4ccc(N(c5ccccc5)c5ccccc5)cc4Oc4cc(N(c5ccccc5)c5cccc6ccccc56)cc2c43)cc1. The van der Waals surface area contributed by atoms with Crippen LogP contribution in [0.1, 0.15) is 26.3 Å². The van der Waals surface area contributed by atoms with Crippen molar-refractivity contribution in [3.63, 3.8) is 0 Å². The Kier molecular flexibility index (Phi) is 11.1. The zero-order valence-electron chi connectivity index (χ0n) is 41.7. The van der Waals surface area contributed by atoms with Crippen LogP contribution < -0.4 is 40.7 Å². The summed E-state index contributed by atoms with van der Waals surface area (Å²) in [6.45, 7) is 6.68. The number of ether oxygens (including phenoxy) is 1. The minimum Gasteiger partial charge on any atom is -0.458 e. The van der Waals surface area contributed by atoms with Gasteiger partial charge < -0.3 is 24.3 Å². The van der Waals surface area contributed by atoms with Gasteiger partial charge in [-0.25, -0.2) is 0 Å². The maximum Gasteiger partial charge on any atom is 0.256 e. The second-order valence-corrected chi connectivity index (χ2v) is 20.2. The fourth-order valence-corrected chi connectivity index (χ4v) is 11.1. The van der Waals surface area contributed by atoms with Crippen molar-refractivity contribution in [2.24, 2.45) is 0 Å². The topological polar surface area (TPSA) is 22.2 Å². The molecule has 6 heteroatoms. The number of nitrogens with zero attached hydrogens (tertiary/aromatic N) is 4. The molecule has 11 aromatic carbocycles. The van der Waals surface area contributed by atoms with Gasteiger partial charge in [0.25, 0.3) is 6.71 Å². The molecule has 5 nitrogen and oxygen atoms in total. The third kappa shape index (κ3) is 7.92. The van der Waals surface area contributed by atoms with Crippen LogP contribution in [-0.4, -0.2) is 6.71 Å². The van der Waals surface area contributed by atoms with E-state index in [4.69, 9.17) is 4.74 Å². The average Bonchev–Trinajstić information content (AvgIpc) is 3.45. The highest BCUT2D eigenvalue weighted by molar-refractivity contribution is 6.99. The van der Waals surface area contributed by atoms with Gasteiger partial charge in [0.2, 0.25) is 0 Å². The van der Waals surface area contributed by atoms with E-state index in [1.165, 1.54) is 16.4 Å². The van der Waals surface area contributed by atoms with Gasteiger partial charge in [-0.2, -0.15) is 0 Å². The fraction of sp³-hybridized carbons (Fsp3) is 0.0588. The second-order valence-electron chi connectivity index (χ2n) is 20.2. The minimum absolute atomic E-state index is 0.0246. The Morgan fingerprint density at radius 3 is 1.38 bits per heavy atom. The van der Waals surface area contributed by atoms with Gasteiger partial charge in [0.15, 0.2) is 0 Å². The zero-order chi connectivity index (χ0) is 49.8. The van der Waals surface area contributed by atoms with Crippen LogP contribution in [0.15, 0.2) is 267 Å². The van der Waals surface area contributed by atoms with Crippen LogP contribution in [0.5, 0.6) is 11.5 Å². The number of rotatable bonds is 10. The second kappa shape index (κ2) is 18.4. The molecule has 0 saturated heterocycles. The molecule has 0 radical (unpaired) electrons. The third-order valence-corrected chi connectivity index (χ3v) is 14.6. The molecule has 0 atom stereocenters. The molecule has 11 aromatic rings. The molecule has 13 rings (SSSR count). The maximum absolute atomic E-state index is 7.49. The van der Waals surface area contributed by atoms with Crippen LogP contribution in [0, 0.1) is 0 Å². The maximum atomic E-state index is 7.49. The Labute approximate surface area is 434 Å². The highest BCUT2D eigenvalue weighted by Crippen LogP contribution is 2.49. The van der Waals surface area contributed by atoms with Gasteiger partial charge >= 0.3 is 0 Å². The Bertz CT molecular complexity index is 3730. The van der Waals surface area contributed by atoms with E-state index in [1.807, 2.05) is 0 Å². The molecular formula is C68H53BN4O. The Morgan fingerprint density at radius 2 is 0.824 bits per heavy atom. The molecule has 0 aliphatic carbocycles. The molecule has 0 bridgehead atoms. The highest BCUT2D eigenvalue weighted by atomic mass is 16.5. The number of para-hydroxylation sites is 5. The van der Waals surface area contributed by atoms with Crippen LogP contribution in [-0.2, 0) is 5.41 Å². The number of hydrogen-bond donors (Lipinski definition) is 0. The molecule has 0 saturated carbocycles. The molecule has 74 heavy (non-hydrogen) atoms. The van der Waals surface area contributed by atoms with E-state index in [0.717, 1.165) is 96.1 Å². The number of hydrogen-bond acceptors (Lipinski definition) is 5. The van der Waals surface area contributed by atoms with Gasteiger partial charge in [-0.05, 0) is 136 Å². The van der Waals surface area contributed by atoms with E-state index in [-0.39, 0.29) is 12.1 Å². The van der Waals surface area contributed by atoms with Gasteiger partial charge in [-0.15, -0.1) is 0 Å². The van der Waals surface area contributed by atoms with E-state index in [2.05, 4.69) is 307 Å². The lowest BCUT2D eigenvalue weighted by molar-refractivity contribution is 0.488. The lowest BCUT2D eigenvalue weighted by atomic mass is 9.34. The first-order chi connectivity index (χ1) is 36.4. The van der Waals surface area contributed by atoms with E-state index >= 15 is 0 Å². The van der Waals surface area contributed by atoms with Gasteiger partial charge in [0.05, 0.1) is 11.4 Å². The Hall–Kier alpha value is -9.26. The van der Waals surface area contributed by atoms with Gasteiger partial charge in [-0.3, -0.25) is 0 Å². The summed E-state index contributed by atoms with van der Waals surface area (Å²) in [5.74, 6) is 1.64. The van der Waals surface area contributed by atoms with Crippen LogP contribution in [0.4, 0.5) is 68.2 Å². The predicted octanol–water partition coefficient (Wildman–Crippen LogP) is 17.0. The lowest BCUT2D eigenvalue weighted by Crippen LogP contribution is -2.59. The van der Waals surface area contributed by atoms with E-state index in [9.17, 15) is 0 Å². The summed E-state index contributed by atoms with van der Waals surface area (Å²) in [5, 5.41) is 2.33. The molecule has 0 unspecified atom stereocenters. The first-order valence-electron chi connectivity index (χ1n) is 25.5. The molecule has 0 spiro atoms. The average molecular weight is 953 g/mol. The number of anilines is 12. The summed E-state index contributed by atoms with van der Waals surface area (Å²) in [5.41, 5.74) is 17.4. The summed E-state index contributed by atoms with van der Waals surface area (Å²) >= 11 is 0. The quantitative estimate of drug-likeness (QED) is 0.127. The summed E-state index contributed by atoms with van der Waals surface area (Å²) in [4.78, 5) is 9.56. The van der Waals surface area contributed by atoms with Gasteiger partial charge in [-0.1, -0.05) is 172 Å². The van der Waals surface area contributed by atoms with Gasteiger partial charge in [0, 0.05) is 74.4 Å². The fourth-order valence-electron chi connectivity index (χ4n) is 11.1. The Balaban J connectivity index is 1.09. The zero-order valence-corrected chi connectivity index (χ0v) is 41.7. The van der Waals surface area contributed by atoms with E-state index in [0.29, 0.717) is 0 Å². The van der Waals surface area contributed by atoms with Crippen molar-refractivity contribution in [2.45, 2.75) is 26.2 Å². The van der Waals surface area contributed by atoms with Crippen LogP contribution >= 0.6 is 0 Å². The van der Waals surface area contributed by atoms with Crippen LogP contribution in [0.3, 0.4) is 0 Å². The van der Waals surface area contributed by atoms with Crippen molar-refractivity contribution in [3.8, 4) is 11.5 Å². The summed E-state index contributed by atoms with van der Waals surface area (Å²) in [6.07, 6.45) is 0. The molecular weight excluding hydrogens is 900 g/mol. The predicted molar refractivity (Wildman–Crippen MR) is 313 cm³/mol. The first kappa shape index (κ1) is 44.7. The number of fused-ring (bicyclic) bond motifs is 5. The van der Waals surface area contributed by atoms with Crippen molar-refractivity contribution in [1.29, 1.82) is 0 Å². The molecule has 2 aliphatic rings. The van der Waals surface area contributed by atoms with Crippen molar-refractivity contribution in [2.75, 3.05) is 19.6 Å². The molecule has 0 amide bonds. The molecule has 0 fully saturated rings. The normalized spacial score (nSPS) is 12.3. The van der Waals surface area contributed by atoms with Crippen LogP contribution in [0.2, 0.25) is 0 Å². The van der Waals surface area contributed by atoms with Crippen molar-refractivity contribution in [3.05, 3.63) is 272 Å². The van der Waals surface area contributed by atoms with E-state index < -0.39 is 0 Å². The third-order valence-electron chi connectivity index (χ3n) is 14.6. The Morgan fingerprint density at radius 1 is 0.365 bits per heavy atom. The minimum atomic E-state index is -0.160. The molecule has 0 aromatic heterocycles. The number of benzene rings is 11. The largest absolute Gasteiger partial charge is 0.458 e. The van der Waals surface area contributed by atoms with Crippen LogP contribution in [0.25, 0.3) is 10.8 Å².